The Morgan fingerprint density at radius 1 is 1.08 bits per heavy atom. The lowest BCUT2D eigenvalue weighted by molar-refractivity contribution is -0.138. The number of aromatic nitrogens is 2. The molecular formula is C26H26F3N5O3. The Morgan fingerprint density at radius 2 is 1.78 bits per heavy atom. The zero-order valence-corrected chi connectivity index (χ0v) is 19.8. The first-order valence-corrected chi connectivity index (χ1v) is 11.7. The van der Waals surface area contributed by atoms with Gasteiger partial charge < -0.3 is 21.1 Å². The monoisotopic (exact) mass is 513 g/mol. The molecule has 1 fully saturated rings. The second-order valence-electron chi connectivity index (χ2n) is 8.92. The summed E-state index contributed by atoms with van der Waals surface area (Å²) in [6.45, 7) is 0.908. The quantitative estimate of drug-likeness (QED) is 0.407. The van der Waals surface area contributed by atoms with E-state index in [-0.39, 0.29) is 36.8 Å². The van der Waals surface area contributed by atoms with Crippen LogP contribution in [0.2, 0.25) is 0 Å². The van der Waals surface area contributed by atoms with Crippen LogP contribution in [0.1, 0.15) is 40.3 Å². The molecule has 1 saturated heterocycles. The Balaban J connectivity index is 1.50. The molecule has 0 bridgehead atoms. The molecule has 0 spiro atoms. The van der Waals surface area contributed by atoms with Gasteiger partial charge in [-0.3, -0.25) is 4.79 Å². The van der Waals surface area contributed by atoms with E-state index in [9.17, 15) is 22.8 Å². The Labute approximate surface area is 211 Å². The first kappa shape index (κ1) is 25.9. The van der Waals surface area contributed by atoms with E-state index in [0.29, 0.717) is 24.3 Å². The number of rotatable bonds is 8. The van der Waals surface area contributed by atoms with Crippen LogP contribution >= 0.6 is 0 Å². The molecular weight excluding hydrogens is 487 g/mol. The molecule has 11 heteroatoms. The minimum absolute atomic E-state index is 0.00404. The molecule has 1 atom stereocenters. The molecule has 4 N–H and O–H groups in total. The van der Waals surface area contributed by atoms with E-state index in [1.54, 1.807) is 36.4 Å². The molecule has 4 rings (SSSR count). The molecule has 8 nitrogen and oxygen atoms in total. The van der Waals surface area contributed by atoms with Crippen LogP contribution in [-0.2, 0) is 30.2 Å². The number of alkyl halides is 3. The summed E-state index contributed by atoms with van der Waals surface area (Å²) < 4.78 is 41.0. The number of carbonyl (C=O) groups is 2. The zero-order valence-electron chi connectivity index (χ0n) is 19.8. The third kappa shape index (κ3) is 6.54. The Morgan fingerprint density at radius 3 is 2.41 bits per heavy atom. The van der Waals surface area contributed by atoms with Crippen molar-refractivity contribution in [3.8, 4) is 0 Å². The Hall–Kier alpha value is -4.15. The van der Waals surface area contributed by atoms with Crippen molar-refractivity contribution in [2.45, 2.75) is 37.8 Å². The second-order valence-corrected chi connectivity index (χ2v) is 8.92. The van der Waals surface area contributed by atoms with Gasteiger partial charge in [0.2, 0.25) is 11.9 Å². The largest absolute Gasteiger partial charge is 0.465 e. The van der Waals surface area contributed by atoms with Crippen LogP contribution < -0.4 is 11.1 Å². The van der Waals surface area contributed by atoms with Crippen LogP contribution in [-0.4, -0.2) is 45.1 Å². The van der Waals surface area contributed by atoms with Gasteiger partial charge in [-0.1, -0.05) is 36.4 Å². The molecule has 1 aromatic heterocycles. The van der Waals surface area contributed by atoms with Gasteiger partial charge in [0, 0.05) is 30.9 Å². The average molecular weight is 514 g/mol. The molecule has 1 unspecified atom stereocenters. The maximum Gasteiger partial charge on any atom is 0.419 e. The number of hydrogen-bond acceptors (Lipinski definition) is 5. The molecule has 2 heterocycles. The van der Waals surface area contributed by atoms with Gasteiger partial charge in [-0.15, -0.1) is 0 Å². The summed E-state index contributed by atoms with van der Waals surface area (Å²) in [7, 11) is 0. The fourth-order valence-electron chi connectivity index (χ4n) is 4.49. The van der Waals surface area contributed by atoms with Crippen molar-refractivity contribution in [1.82, 2.24) is 14.9 Å². The topological polar surface area (TPSA) is 121 Å². The molecule has 0 aliphatic carbocycles. The molecule has 0 radical (unpaired) electrons. The third-order valence-electron chi connectivity index (χ3n) is 6.38. The summed E-state index contributed by atoms with van der Waals surface area (Å²) in [5.41, 5.74) is 7.20. The van der Waals surface area contributed by atoms with Crippen LogP contribution in [0.4, 0.5) is 29.6 Å². The summed E-state index contributed by atoms with van der Waals surface area (Å²) in [5, 5.41) is 12.1. The number of nitrogens with one attached hydrogen (secondary N) is 1. The van der Waals surface area contributed by atoms with E-state index in [1.807, 2.05) is 12.1 Å². The van der Waals surface area contributed by atoms with Crippen LogP contribution in [0.5, 0.6) is 0 Å². The summed E-state index contributed by atoms with van der Waals surface area (Å²) in [4.78, 5) is 31.9. The summed E-state index contributed by atoms with van der Waals surface area (Å²) >= 11 is 0. The highest BCUT2D eigenvalue weighted by molar-refractivity contribution is 5.77. The normalized spacial score (nSPS) is 15.5. The molecule has 194 valence electrons. The summed E-state index contributed by atoms with van der Waals surface area (Å²) in [5.74, 6) is -0.397. The summed E-state index contributed by atoms with van der Waals surface area (Å²) in [6, 6.07) is 14.2. The number of nitrogens with two attached hydrogens (primary N) is 1. The predicted octanol–water partition coefficient (Wildman–Crippen LogP) is 4.52. The number of likely N-dealkylation sites (tertiary alicyclic amines) is 1. The van der Waals surface area contributed by atoms with Crippen molar-refractivity contribution in [3.05, 3.63) is 82.7 Å². The van der Waals surface area contributed by atoms with E-state index >= 15 is 0 Å². The van der Waals surface area contributed by atoms with Crippen LogP contribution in [0.25, 0.3) is 0 Å². The molecule has 0 saturated carbocycles. The van der Waals surface area contributed by atoms with E-state index in [4.69, 9.17) is 10.8 Å². The molecule has 2 amide bonds. The van der Waals surface area contributed by atoms with Crippen LogP contribution in [0.3, 0.4) is 0 Å². The SMILES string of the molecule is NC(=O)Cc1ccccc1CCc1nc(Nc2ccc(C3CCN(C(=O)O)C3)cc2)ncc1C(F)(F)F. The van der Waals surface area contributed by atoms with Crippen molar-refractivity contribution >= 4 is 23.6 Å². The number of halogens is 3. The number of carboxylic acid groups (broad SMARTS) is 1. The number of nitrogens with zero attached hydrogens (tertiary/aromatic N) is 3. The van der Waals surface area contributed by atoms with Crippen molar-refractivity contribution < 1.29 is 27.9 Å². The number of aryl methyl sites for hydroxylation is 2. The van der Waals surface area contributed by atoms with Crippen molar-refractivity contribution in [3.63, 3.8) is 0 Å². The van der Waals surface area contributed by atoms with Gasteiger partial charge in [0.05, 0.1) is 17.7 Å². The highest BCUT2D eigenvalue weighted by atomic mass is 19.4. The van der Waals surface area contributed by atoms with Crippen molar-refractivity contribution in [1.29, 1.82) is 0 Å². The number of anilines is 2. The van der Waals surface area contributed by atoms with E-state index in [2.05, 4.69) is 15.3 Å². The third-order valence-corrected chi connectivity index (χ3v) is 6.38. The maximum absolute atomic E-state index is 13.7. The highest BCUT2D eigenvalue weighted by Gasteiger charge is 2.35. The Kier molecular flexibility index (Phi) is 7.61. The van der Waals surface area contributed by atoms with Crippen molar-refractivity contribution in [2.75, 3.05) is 18.4 Å². The minimum atomic E-state index is -4.62. The number of primary amides is 1. The van der Waals surface area contributed by atoms with Gasteiger partial charge in [-0.25, -0.2) is 14.8 Å². The number of carbonyl (C=O) groups excluding carboxylic acids is 1. The average Bonchev–Trinajstić information content (AvgIpc) is 3.34. The summed E-state index contributed by atoms with van der Waals surface area (Å²) in [6.07, 6.45) is -3.82. The van der Waals surface area contributed by atoms with E-state index < -0.39 is 23.7 Å². The van der Waals surface area contributed by atoms with E-state index in [1.165, 1.54) is 4.90 Å². The number of benzene rings is 2. The van der Waals surface area contributed by atoms with Crippen LogP contribution in [0.15, 0.2) is 54.7 Å². The first-order valence-electron chi connectivity index (χ1n) is 11.7. The maximum atomic E-state index is 13.7. The van der Waals surface area contributed by atoms with Gasteiger partial charge >= 0.3 is 12.3 Å². The number of hydrogen-bond donors (Lipinski definition) is 3. The lowest BCUT2D eigenvalue weighted by Crippen LogP contribution is -2.26. The molecule has 1 aliphatic heterocycles. The molecule has 37 heavy (non-hydrogen) atoms. The predicted molar refractivity (Wildman–Crippen MR) is 130 cm³/mol. The standard InChI is InChI=1S/C26H26F3N5O3/c27-26(28,29)21-14-31-24(33-22(21)10-7-16-3-1-2-4-18(16)13-23(30)35)32-20-8-5-17(6-9-20)19-11-12-34(15-19)25(36)37/h1-6,8-9,14,19H,7,10-13,15H2,(H2,30,35)(H,36,37)(H,31,32,33). The first-order chi connectivity index (χ1) is 17.6. The van der Waals surface area contributed by atoms with Crippen molar-refractivity contribution in [2.24, 2.45) is 5.73 Å². The molecule has 1 aliphatic rings. The fourth-order valence-corrected chi connectivity index (χ4v) is 4.49. The lowest BCUT2D eigenvalue weighted by atomic mass is 9.98. The van der Waals surface area contributed by atoms with Gasteiger partial charge in [0.1, 0.15) is 0 Å². The Bertz CT molecular complexity index is 1280. The second kappa shape index (κ2) is 10.9. The van der Waals surface area contributed by atoms with Gasteiger partial charge in [-0.05, 0) is 48.1 Å². The van der Waals surface area contributed by atoms with E-state index in [0.717, 1.165) is 23.7 Å². The number of amides is 2. The van der Waals surface area contributed by atoms with Crippen LogP contribution in [0, 0.1) is 0 Å². The lowest BCUT2D eigenvalue weighted by Gasteiger charge is -2.15. The zero-order chi connectivity index (χ0) is 26.6. The van der Waals surface area contributed by atoms with Gasteiger partial charge in [0.25, 0.3) is 0 Å². The molecule has 2 aromatic carbocycles. The highest BCUT2D eigenvalue weighted by Crippen LogP contribution is 2.33. The smallest absolute Gasteiger partial charge is 0.419 e. The fraction of sp³-hybridized carbons (Fsp3) is 0.308. The van der Waals surface area contributed by atoms with Gasteiger partial charge in [0.15, 0.2) is 0 Å². The minimum Gasteiger partial charge on any atom is -0.465 e. The van der Waals surface area contributed by atoms with Gasteiger partial charge in [-0.2, -0.15) is 13.2 Å². The molecule has 3 aromatic rings.